The first kappa shape index (κ1) is 15.2. The molecule has 5 nitrogen and oxygen atoms in total. The molecule has 2 aromatic rings. The quantitative estimate of drug-likeness (QED) is 0.809. The molecule has 0 aliphatic rings. The van der Waals surface area contributed by atoms with Crippen LogP contribution in [0.4, 0.5) is 0 Å². The van der Waals surface area contributed by atoms with E-state index >= 15 is 0 Å². The molecule has 0 fully saturated rings. The lowest BCUT2D eigenvalue weighted by Gasteiger charge is -2.08. The van der Waals surface area contributed by atoms with E-state index in [1.165, 1.54) is 0 Å². The van der Waals surface area contributed by atoms with Gasteiger partial charge in [-0.25, -0.2) is 9.97 Å². The largest absolute Gasteiger partial charge is 0.497 e. The van der Waals surface area contributed by atoms with Gasteiger partial charge in [-0.05, 0) is 37.6 Å². The third-order valence-corrected chi connectivity index (χ3v) is 2.85. The third kappa shape index (κ3) is 4.68. The number of thiocarbonyl (C=S) groups is 1. The third-order valence-electron chi connectivity index (χ3n) is 2.65. The molecule has 0 saturated heterocycles. The van der Waals surface area contributed by atoms with E-state index in [2.05, 4.69) is 9.97 Å². The number of methoxy groups -OCH3 is 1. The van der Waals surface area contributed by atoms with Crippen molar-refractivity contribution >= 4 is 17.5 Å². The molecular weight excluding hydrogens is 288 g/mol. The molecule has 0 bridgehead atoms. The fourth-order valence-corrected chi connectivity index (χ4v) is 1.84. The molecule has 0 aliphatic heterocycles. The van der Waals surface area contributed by atoms with Crippen LogP contribution in [0.2, 0.25) is 0 Å². The fraction of sp³-hybridized carbons (Fsp3) is 0.267. The van der Waals surface area contributed by atoms with Gasteiger partial charge < -0.3 is 14.2 Å². The summed E-state index contributed by atoms with van der Waals surface area (Å²) in [6.07, 6.45) is 0. The lowest BCUT2D eigenvalue weighted by Crippen LogP contribution is -2.12. The fourth-order valence-electron chi connectivity index (χ4n) is 1.71. The van der Waals surface area contributed by atoms with E-state index in [0.717, 1.165) is 22.7 Å². The monoisotopic (exact) mass is 304 g/mol. The summed E-state index contributed by atoms with van der Waals surface area (Å²) in [7, 11) is 1.62. The molecule has 0 atom stereocenters. The number of hydrogen-bond acceptors (Lipinski definition) is 6. The maximum Gasteiger partial charge on any atom is 0.360 e. The van der Waals surface area contributed by atoms with E-state index < -0.39 is 0 Å². The van der Waals surface area contributed by atoms with Gasteiger partial charge in [0.1, 0.15) is 12.4 Å². The first-order valence-corrected chi connectivity index (χ1v) is 6.77. The summed E-state index contributed by atoms with van der Waals surface area (Å²) in [5.41, 5.74) is 2.59. The SMILES string of the molecule is COc1ccc(COC(=S)Oc2nc(C)cc(C)n2)cc1. The minimum atomic E-state index is -0.00387. The zero-order valence-corrected chi connectivity index (χ0v) is 12.9. The van der Waals surface area contributed by atoms with Crippen LogP contribution in [0.3, 0.4) is 0 Å². The molecule has 1 aromatic heterocycles. The Bertz CT molecular complexity index is 609. The number of benzene rings is 1. The van der Waals surface area contributed by atoms with Gasteiger partial charge in [-0.1, -0.05) is 12.1 Å². The second-order valence-corrected chi connectivity index (χ2v) is 4.76. The van der Waals surface area contributed by atoms with Gasteiger partial charge in [0.25, 0.3) is 0 Å². The predicted molar refractivity (Wildman–Crippen MR) is 82.5 cm³/mol. The van der Waals surface area contributed by atoms with E-state index in [4.69, 9.17) is 26.4 Å². The second kappa shape index (κ2) is 6.99. The number of rotatable bonds is 4. The van der Waals surface area contributed by atoms with Crippen molar-refractivity contribution in [3.63, 3.8) is 0 Å². The van der Waals surface area contributed by atoms with Gasteiger partial charge in [-0.15, -0.1) is 0 Å². The highest BCUT2D eigenvalue weighted by molar-refractivity contribution is 7.79. The van der Waals surface area contributed by atoms with Crippen molar-refractivity contribution in [1.29, 1.82) is 0 Å². The van der Waals surface area contributed by atoms with Gasteiger partial charge in [-0.3, -0.25) is 0 Å². The molecule has 0 N–H and O–H groups in total. The van der Waals surface area contributed by atoms with Crippen LogP contribution < -0.4 is 9.47 Å². The summed E-state index contributed by atoms with van der Waals surface area (Å²) in [5.74, 6) is 0.793. The van der Waals surface area contributed by atoms with E-state index in [-0.39, 0.29) is 11.2 Å². The molecule has 2 rings (SSSR count). The summed E-state index contributed by atoms with van der Waals surface area (Å²) in [5, 5.41) is -0.00387. The topological polar surface area (TPSA) is 53.5 Å². The first-order chi connectivity index (χ1) is 10.1. The smallest absolute Gasteiger partial charge is 0.360 e. The summed E-state index contributed by atoms with van der Waals surface area (Å²) in [6, 6.07) is 9.57. The van der Waals surface area contributed by atoms with E-state index in [1.807, 2.05) is 44.2 Å². The standard InChI is InChI=1S/C15H16N2O3S/c1-10-8-11(2)17-14(16-10)20-15(21)19-9-12-4-6-13(18-3)7-5-12/h4-8H,9H2,1-3H3. The Morgan fingerprint density at radius 2 is 1.71 bits per heavy atom. The van der Waals surface area contributed by atoms with Gasteiger partial charge in [0, 0.05) is 23.6 Å². The van der Waals surface area contributed by atoms with Gasteiger partial charge in [0.15, 0.2) is 0 Å². The maximum absolute atomic E-state index is 5.37. The highest BCUT2D eigenvalue weighted by atomic mass is 32.1. The van der Waals surface area contributed by atoms with Crippen molar-refractivity contribution in [2.24, 2.45) is 0 Å². The summed E-state index contributed by atoms with van der Waals surface area (Å²) >= 11 is 5.02. The van der Waals surface area contributed by atoms with Crippen LogP contribution >= 0.6 is 12.2 Å². The Hall–Kier alpha value is -2.21. The van der Waals surface area contributed by atoms with Crippen LogP contribution in [-0.4, -0.2) is 22.3 Å². The molecule has 0 aliphatic carbocycles. The number of hydrogen-bond donors (Lipinski definition) is 0. The van der Waals surface area contributed by atoms with Crippen molar-refractivity contribution in [2.75, 3.05) is 7.11 Å². The predicted octanol–water partition coefficient (Wildman–Crippen LogP) is 2.98. The lowest BCUT2D eigenvalue weighted by molar-refractivity contribution is 0.231. The van der Waals surface area contributed by atoms with Crippen LogP contribution in [-0.2, 0) is 11.3 Å². The first-order valence-electron chi connectivity index (χ1n) is 6.36. The van der Waals surface area contributed by atoms with Crippen LogP contribution in [0.1, 0.15) is 17.0 Å². The zero-order chi connectivity index (χ0) is 15.2. The van der Waals surface area contributed by atoms with Gasteiger partial charge >= 0.3 is 11.2 Å². The Kier molecular flexibility index (Phi) is 5.05. The molecular formula is C15H16N2O3S. The molecule has 21 heavy (non-hydrogen) atoms. The molecule has 0 saturated carbocycles. The highest BCUT2D eigenvalue weighted by Crippen LogP contribution is 2.13. The molecule has 0 amide bonds. The minimum absolute atomic E-state index is 0.00387. The Morgan fingerprint density at radius 3 is 2.29 bits per heavy atom. The molecule has 6 heteroatoms. The average Bonchev–Trinajstić information content (AvgIpc) is 2.44. The van der Waals surface area contributed by atoms with E-state index in [0.29, 0.717) is 6.61 Å². The van der Waals surface area contributed by atoms with Crippen LogP contribution in [0.15, 0.2) is 30.3 Å². The van der Waals surface area contributed by atoms with Crippen molar-refractivity contribution in [2.45, 2.75) is 20.5 Å². The molecule has 0 radical (unpaired) electrons. The number of aryl methyl sites for hydroxylation is 2. The van der Waals surface area contributed by atoms with Gasteiger partial charge in [0.05, 0.1) is 7.11 Å². The molecule has 0 unspecified atom stereocenters. The Labute approximate surface area is 128 Å². The number of aromatic nitrogens is 2. The van der Waals surface area contributed by atoms with Crippen molar-refractivity contribution in [1.82, 2.24) is 9.97 Å². The minimum Gasteiger partial charge on any atom is -0.497 e. The molecule has 110 valence electrons. The van der Waals surface area contributed by atoms with Gasteiger partial charge in [0.2, 0.25) is 0 Å². The average molecular weight is 304 g/mol. The van der Waals surface area contributed by atoms with Crippen molar-refractivity contribution < 1.29 is 14.2 Å². The van der Waals surface area contributed by atoms with Crippen LogP contribution in [0, 0.1) is 13.8 Å². The molecule has 1 heterocycles. The van der Waals surface area contributed by atoms with Crippen molar-refractivity contribution in [3.05, 3.63) is 47.3 Å². The van der Waals surface area contributed by atoms with E-state index in [1.54, 1.807) is 7.11 Å². The van der Waals surface area contributed by atoms with Crippen LogP contribution in [0.5, 0.6) is 11.8 Å². The lowest BCUT2D eigenvalue weighted by atomic mass is 10.2. The van der Waals surface area contributed by atoms with Crippen LogP contribution in [0.25, 0.3) is 0 Å². The summed E-state index contributed by atoms with van der Waals surface area (Å²) < 4.78 is 15.8. The highest BCUT2D eigenvalue weighted by Gasteiger charge is 2.06. The van der Waals surface area contributed by atoms with Crippen molar-refractivity contribution in [3.8, 4) is 11.8 Å². The van der Waals surface area contributed by atoms with E-state index in [9.17, 15) is 0 Å². The Morgan fingerprint density at radius 1 is 1.10 bits per heavy atom. The zero-order valence-electron chi connectivity index (χ0n) is 12.1. The molecule has 1 aromatic carbocycles. The Balaban J connectivity index is 1.89. The number of ether oxygens (including phenoxy) is 3. The maximum atomic E-state index is 5.37. The number of nitrogens with zero attached hydrogens (tertiary/aromatic N) is 2. The van der Waals surface area contributed by atoms with Gasteiger partial charge in [-0.2, -0.15) is 0 Å². The second-order valence-electron chi connectivity index (χ2n) is 4.42. The normalized spacial score (nSPS) is 10.0. The summed E-state index contributed by atoms with van der Waals surface area (Å²) in [6.45, 7) is 4.04. The summed E-state index contributed by atoms with van der Waals surface area (Å²) in [4.78, 5) is 8.27. The molecule has 0 spiro atoms.